The Morgan fingerprint density at radius 3 is 2.73 bits per heavy atom. The fourth-order valence-electron chi connectivity index (χ4n) is 2.29. The third-order valence-electron chi connectivity index (χ3n) is 3.18. The maximum Gasteiger partial charge on any atom is 0.249 e. The average molecular weight is 215 g/mol. The molecule has 0 aromatic carbocycles. The minimum atomic E-state index is -0.477. The topological polar surface area (TPSA) is 48.0 Å². The predicted molar refractivity (Wildman–Crippen MR) is 51.8 cm³/mol. The molecule has 2 aliphatic rings. The van der Waals surface area contributed by atoms with Crippen LogP contribution < -0.4 is 0 Å². The molecule has 86 valence electrons. The van der Waals surface area contributed by atoms with Gasteiger partial charge in [0.15, 0.2) is 5.79 Å². The average Bonchev–Trinajstić information content (AvgIpc) is 2.88. The third kappa shape index (κ3) is 2.00. The monoisotopic (exact) mass is 215 g/mol. The molecule has 15 heavy (non-hydrogen) atoms. The largest absolute Gasteiger partial charge is 0.348 e. The number of hydrogen-bond acceptors (Lipinski definition) is 4. The first-order chi connectivity index (χ1) is 7.17. The second-order valence-electron chi connectivity index (χ2n) is 4.07. The van der Waals surface area contributed by atoms with E-state index in [1.54, 1.807) is 7.05 Å². The molecule has 0 radical (unpaired) electrons. The van der Waals surface area contributed by atoms with E-state index in [4.69, 9.17) is 14.3 Å². The van der Waals surface area contributed by atoms with Crippen LogP contribution in [-0.2, 0) is 19.1 Å². The van der Waals surface area contributed by atoms with Crippen LogP contribution in [-0.4, -0.2) is 44.1 Å². The van der Waals surface area contributed by atoms with E-state index in [0.717, 1.165) is 12.8 Å². The molecule has 0 aromatic rings. The van der Waals surface area contributed by atoms with Gasteiger partial charge in [-0.2, -0.15) is 0 Å². The molecule has 0 N–H and O–H groups in total. The quantitative estimate of drug-likeness (QED) is 0.631. The van der Waals surface area contributed by atoms with Crippen molar-refractivity contribution in [2.75, 3.05) is 27.4 Å². The Bertz CT molecular complexity index is 250. The van der Waals surface area contributed by atoms with Gasteiger partial charge in [0.05, 0.1) is 20.3 Å². The van der Waals surface area contributed by atoms with Gasteiger partial charge in [0, 0.05) is 25.8 Å². The lowest BCUT2D eigenvalue weighted by atomic mass is 10.1. The summed E-state index contributed by atoms with van der Waals surface area (Å²) in [6, 6.07) is 0. The Morgan fingerprint density at radius 1 is 1.47 bits per heavy atom. The van der Waals surface area contributed by atoms with Gasteiger partial charge >= 0.3 is 0 Å². The summed E-state index contributed by atoms with van der Waals surface area (Å²) in [5.41, 5.74) is 0. The van der Waals surface area contributed by atoms with Gasteiger partial charge in [-0.15, -0.1) is 0 Å². The third-order valence-corrected chi connectivity index (χ3v) is 3.18. The van der Waals surface area contributed by atoms with Crippen LogP contribution in [0.1, 0.15) is 19.3 Å². The molecule has 1 spiro atoms. The molecule has 1 saturated carbocycles. The van der Waals surface area contributed by atoms with Crippen LogP contribution in [0.25, 0.3) is 0 Å². The molecule has 5 nitrogen and oxygen atoms in total. The standard InChI is InChI=1S/C10H17NO4/c1-11(13-2)9(12)8-3-4-10(7-8)14-5-6-15-10/h8H,3-7H2,1-2H3. The van der Waals surface area contributed by atoms with Crippen LogP contribution in [0, 0.1) is 5.92 Å². The lowest BCUT2D eigenvalue weighted by Gasteiger charge is -2.22. The fourth-order valence-corrected chi connectivity index (χ4v) is 2.29. The van der Waals surface area contributed by atoms with Gasteiger partial charge in [0.1, 0.15) is 0 Å². The van der Waals surface area contributed by atoms with Crippen LogP contribution in [0.4, 0.5) is 0 Å². The molecule has 1 aliphatic heterocycles. The predicted octanol–water partition coefficient (Wildman–Crippen LogP) is 0.549. The van der Waals surface area contributed by atoms with Crippen LogP contribution in [0.2, 0.25) is 0 Å². The number of ether oxygens (including phenoxy) is 2. The van der Waals surface area contributed by atoms with Gasteiger partial charge in [0.2, 0.25) is 5.91 Å². The molecule has 1 amide bonds. The first kappa shape index (κ1) is 10.9. The van der Waals surface area contributed by atoms with E-state index < -0.39 is 5.79 Å². The highest BCUT2D eigenvalue weighted by atomic mass is 16.7. The lowest BCUT2D eigenvalue weighted by molar-refractivity contribution is -0.178. The van der Waals surface area contributed by atoms with Gasteiger partial charge < -0.3 is 9.47 Å². The molecule has 0 aromatic heterocycles. The van der Waals surface area contributed by atoms with E-state index in [-0.39, 0.29) is 11.8 Å². The fraction of sp³-hybridized carbons (Fsp3) is 0.900. The summed E-state index contributed by atoms with van der Waals surface area (Å²) in [5.74, 6) is -0.504. The molecular formula is C10H17NO4. The molecule has 1 saturated heterocycles. The van der Waals surface area contributed by atoms with Crippen molar-refractivity contribution in [2.45, 2.75) is 25.0 Å². The van der Waals surface area contributed by atoms with Crippen molar-refractivity contribution in [3.05, 3.63) is 0 Å². The Morgan fingerprint density at radius 2 is 2.13 bits per heavy atom. The summed E-state index contributed by atoms with van der Waals surface area (Å²) in [6.07, 6.45) is 2.27. The summed E-state index contributed by atoms with van der Waals surface area (Å²) in [5, 5.41) is 1.28. The Hall–Kier alpha value is -0.650. The van der Waals surface area contributed by atoms with E-state index in [1.165, 1.54) is 12.2 Å². The molecular weight excluding hydrogens is 198 g/mol. The summed E-state index contributed by atoms with van der Waals surface area (Å²) < 4.78 is 11.1. The van der Waals surface area contributed by atoms with E-state index in [1.807, 2.05) is 0 Å². The van der Waals surface area contributed by atoms with Crippen LogP contribution in [0.5, 0.6) is 0 Å². The maximum absolute atomic E-state index is 11.8. The Labute approximate surface area is 89.2 Å². The summed E-state index contributed by atoms with van der Waals surface area (Å²) >= 11 is 0. The van der Waals surface area contributed by atoms with Crippen molar-refractivity contribution < 1.29 is 19.1 Å². The van der Waals surface area contributed by atoms with E-state index in [9.17, 15) is 4.79 Å². The van der Waals surface area contributed by atoms with Crippen molar-refractivity contribution in [3.63, 3.8) is 0 Å². The Kier molecular flexibility index (Phi) is 2.95. The van der Waals surface area contributed by atoms with Crippen molar-refractivity contribution in [3.8, 4) is 0 Å². The zero-order valence-corrected chi connectivity index (χ0v) is 9.19. The minimum Gasteiger partial charge on any atom is -0.348 e. The van der Waals surface area contributed by atoms with Gasteiger partial charge in [-0.05, 0) is 6.42 Å². The van der Waals surface area contributed by atoms with Crippen molar-refractivity contribution in [1.29, 1.82) is 0 Å². The second kappa shape index (κ2) is 4.08. The molecule has 1 heterocycles. The second-order valence-corrected chi connectivity index (χ2v) is 4.07. The molecule has 0 bridgehead atoms. The summed E-state index contributed by atoms with van der Waals surface area (Å²) in [7, 11) is 3.12. The van der Waals surface area contributed by atoms with Crippen molar-refractivity contribution in [1.82, 2.24) is 5.06 Å². The first-order valence-electron chi connectivity index (χ1n) is 5.26. The van der Waals surface area contributed by atoms with Gasteiger partial charge in [-0.1, -0.05) is 0 Å². The highest BCUT2D eigenvalue weighted by Gasteiger charge is 2.46. The molecule has 5 heteroatoms. The molecule has 1 aliphatic carbocycles. The van der Waals surface area contributed by atoms with Crippen LogP contribution in [0.3, 0.4) is 0 Å². The van der Waals surface area contributed by atoms with Gasteiger partial charge in [-0.25, -0.2) is 5.06 Å². The smallest absolute Gasteiger partial charge is 0.249 e. The zero-order valence-electron chi connectivity index (χ0n) is 9.19. The number of rotatable bonds is 2. The normalized spacial score (nSPS) is 28.5. The van der Waals surface area contributed by atoms with E-state index in [0.29, 0.717) is 19.6 Å². The molecule has 2 fully saturated rings. The van der Waals surface area contributed by atoms with Gasteiger partial charge in [-0.3, -0.25) is 9.63 Å². The number of nitrogens with zero attached hydrogens (tertiary/aromatic N) is 1. The van der Waals surface area contributed by atoms with Gasteiger partial charge in [0.25, 0.3) is 0 Å². The maximum atomic E-state index is 11.8. The number of hydrogen-bond donors (Lipinski definition) is 0. The molecule has 2 rings (SSSR count). The minimum absolute atomic E-state index is 0.00785. The lowest BCUT2D eigenvalue weighted by Crippen LogP contribution is -2.33. The van der Waals surface area contributed by atoms with Crippen molar-refractivity contribution >= 4 is 5.91 Å². The van der Waals surface area contributed by atoms with E-state index in [2.05, 4.69) is 0 Å². The van der Waals surface area contributed by atoms with E-state index >= 15 is 0 Å². The highest BCUT2D eigenvalue weighted by molar-refractivity contribution is 5.78. The summed E-state index contributed by atoms with van der Waals surface area (Å²) in [6.45, 7) is 1.28. The van der Waals surface area contributed by atoms with Crippen LogP contribution >= 0.6 is 0 Å². The van der Waals surface area contributed by atoms with Crippen LogP contribution in [0.15, 0.2) is 0 Å². The zero-order chi connectivity index (χ0) is 10.9. The highest BCUT2D eigenvalue weighted by Crippen LogP contribution is 2.41. The van der Waals surface area contributed by atoms with Crippen molar-refractivity contribution in [2.24, 2.45) is 5.92 Å². The molecule has 1 atom stereocenters. The SMILES string of the molecule is CON(C)C(=O)C1CCC2(C1)OCCO2. The number of hydroxylamine groups is 2. The Balaban J connectivity index is 1.94. The number of carbonyl (C=O) groups excluding carboxylic acids is 1. The first-order valence-corrected chi connectivity index (χ1v) is 5.26. The number of amides is 1. The summed E-state index contributed by atoms with van der Waals surface area (Å²) in [4.78, 5) is 16.7. The number of carbonyl (C=O) groups is 1. The molecule has 1 unspecified atom stereocenters.